The lowest BCUT2D eigenvalue weighted by Crippen LogP contribution is -2.28. The summed E-state index contributed by atoms with van der Waals surface area (Å²) in [5, 5.41) is 6.60. The van der Waals surface area contributed by atoms with Gasteiger partial charge in [0.1, 0.15) is 10.7 Å². The molecule has 1 aliphatic heterocycles. The minimum atomic E-state index is -0.252. The summed E-state index contributed by atoms with van der Waals surface area (Å²) in [6.45, 7) is 3.73. The summed E-state index contributed by atoms with van der Waals surface area (Å²) in [6, 6.07) is 1.65. The first-order valence-corrected chi connectivity index (χ1v) is 8.54. The number of aromatic nitrogens is 3. The molecule has 8 heteroatoms. The second-order valence-electron chi connectivity index (χ2n) is 5.66. The van der Waals surface area contributed by atoms with E-state index in [4.69, 9.17) is 4.74 Å². The van der Waals surface area contributed by atoms with Crippen molar-refractivity contribution in [3.8, 4) is 0 Å². The van der Waals surface area contributed by atoms with E-state index in [9.17, 15) is 4.79 Å². The Hall–Kier alpha value is -2.45. The number of nitrogens with one attached hydrogen (secondary N) is 2. The number of fused-ring (bicyclic) bond motifs is 2. The average Bonchev–Trinajstić information content (AvgIpc) is 3.19. The zero-order valence-corrected chi connectivity index (χ0v) is 14.0. The van der Waals surface area contributed by atoms with Crippen LogP contribution >= 0.6 is 11.3 Å². The number of thiazole rings is 1. The molecule has 0 fully saturated rings. The summed E-state index contributed by atoms with van der Waals surface area (Å²) in [4.78, 5) is 22.1. The minimum Gasteiger partial charge on any atom is -0.375 e. The molecule has 24 heavy (non-hydrogen) atoms. The summed E-state index contributed by atoms with van der Waals surface area (Å²) in [6.07, 6.45) is 6.28. The Morgan fingerprint density at radius 3 is 3.29 bits per heavy atom. The number of carbonyl (C=O) groups excluding carboxylic acids is 1. The van der Waals surface area contributed by atoms with Gasteiger partial charge in [-0.3, -0.25) is 0 Å². The maximum absolute atomic E-state index is 12.1. The molecule has 0 spiro atoms. The third kappa shape index (κ3) is 2.98. The standard InChI is InChI=1S/C16H17N5O2S/c1-10-6-11(8-21-4-3-17-15(10)21)19-16(22)18-7-14-20-12-2-5-23-9-13(12)24-14/h3-4,6,8H,2,5,7,9H2,1H3,(H2,18,19,22). The topological polar surface area (TPSA) is 80.5 Å². The van der Waals surface area contributed by atoms with Crippen molar-refractivity contribution >= 4 is 28.7 Å². The van der Waals surface area contributed by atoms with Gasteiger partial charge in [-0.1, -0.05) is 0 Å². The molecule has 3 aromatic rings. The highest BCUT2D eigenvalue weighted by molar-refractivity contribution is 7.11. The van der Waals surface area contributed by atoms with E-state index >= 15 is 0 Å². The van der Waals surface area contributed by atoms with E-state index in [1.165, 1.54) is 4.88 Å². The Labute approximate surface area is 142 Å². The molecule has 0 aromatic carbocycles. The average molecular weight is 343 g/mol. The molecule has 0 unspecified atom stereocenters. The highest BCUT2D eigenvalue weighted by Crippen LogP contribution is 2.23. The van der Waals surface area contributed by atoms with Crippen molar-refractivity contribution < 1.29 is 9.53 Å². The lowest BCUT2D eigenvalue weighted by atomic mass is 10.2. The molecule has 124 valence electrons. The van der Waals surface area contributed by atoms with Crippen LogP contribution in [0.1, 0.15) is 21.1 Å². The summed E-state index contributed by atoms with van der Waals surface area (Å²) < 4.78 is 7.31. The number of carbonyl (C=O) groups is 1. The Kier molecular flexibility index (Phi) is 3.91. The van der Waals surface area contributed by atoms with Crippen molar-refractivity contribution in [2.75, 3.05) is 11.9 Å². The van der Waals surface area contributed by atoms with Gasteiger partial charge in [0.25, 0.3) is 0 Å². The Balaban J connectivity index is 1.39. The zero-order chi connectivity index (χ0) is 16.5. The SMILES string of the molecule is Cc1cc(NC(=O)NCc2nc3c(s2)COCC3)cn2ccnc12. The number of hydrogen-bond donors (Lipinski definition) is 2. The smallest absolute Gasteiger partial charge is 0.319 e. The van der Waals surface area contributed by atoms with Crippen molar-refractivity contribution in [2.24, 2.45) is 0 Å². The molecule has 0 aliphatic carbocycles. The van der Waals surface area contributed by atoms with Gasteiger partial charge in [0.2, 0.25) is 0 Å². The number of urea groups is 1. The van der Waals surface area contributed by atoms with E-state index in [2.05, 4.69) is 20.6 Å². The molecule has 2 N–H and O–H groups in total. The van der Waals surface area contributed by atoms with Crippen LogP contribution in [0.5, 0.6) is 0 Å². The molecule has 0 bridgehead atoms. The zero-order valence-electron chi connectivity index (χ0n) is 13.2. The maximum atomic E-state index is 12.1. The van der Waals surface area contributed by atoms with Crippen LogP contribution in [-0.2, 0) is 24.3 Å². The fourth-order valence-corrected chi connectivity index (χ4v) is 3.75. The van der Waals surface area contributed by atoms with Crippen LogP contribution in [-0.4, -0.2) is 27.0 Å². The van der Waals surface area contributed by atoms with E-state index in [0.717, 1.165) is 40.6 Å². The maximum Gasteiger partial charge on any atom is 0.319 e. The van der Waals surface area contributed by atoms with E-state index in [1.807, 2.05) is 29.8 Å². The van der Waals surface area contributed by atoms with Crippen LogP contribution in [0.4, 0.5) is 10.5 Å². The largest absolute Gasteiger partial charge is 0.375 e. The van der Waals surface area contributed by atoms with Crippen molar-refractivity contribution in [3.05, 3.63) is 45.8 Å². The first-order valence-electron chi connectivity index (χ1n) is 7.72. The van der Waals surface area contributed by atoms with Crippen LogP contribution in [0.25, 0.3) is 5.65 Å². The van der Waals surface area contributed by atoms with E-state index in [0.29, 0.717) is 13.2 Å². The summed E-state index contributed by atoms with van der Waals surface area (Å²) >= 11 is 1.60. The number of hydrogen-bond acceptors (Lipinski definition) is 5. The molecular formula is C16H17N5O2S. The second-order valence-corrected chi connectivity index (χ2v) is 6.83. The number of pyridine rings is 1. The number of aryl methyl sites for hydroxylation is 1. The third-order valence-corrected chi connectivity index (χ3v) is 4.94. The van der Waals surface area contributed by atoms with Gasteiger partial charge in [-0.15, -0.1) is 11.3 Å². The fourth-order valence-electron chi connectivity index (χ4n) is 2.76. The molecular weight excluding hydrogens is 326 g/mol. The van der Waals surface area contributed by atoms with Crippen molar-refractivity contribution in [2.45, 2.75) is 26.5 Å². The molecule has 4 heterocycles. The molecule has 0 atom stereocenters. The van der Waals surface area contributed by atoms with Crippen LogP contribution in [0.15, 0.2) is 24.7 Å². The van der Waals surface area contributed by atoms with Gasteiger partial charge in [-0.25, -0.2) is 14.8 Å². The summed E-state index contributed by atoms with van der Waals surface area (Å²) in [5.74, 6) is 0. The third-order valence-electron chi connectivity index (χ3n) is 3.87. The number of nitrogens with zero attached hydrogens (tertiary/aromatic N) is 3. The molecule has 1 aliphatic rings. The monoisotopic (exact) mass is 343 g/mol. The predicted molar refractivity (Wildman–Crippen MR) is 91.3 cm³/mol. The van der Waals surface area contributed by atoms with Gasteiger partial charge in [-0.05, 0) is 18.6 Å². The molecule has 0 saturated carbocycles. The number of imidazole rings is 1. The Morgan fingerprint density at radius 1 is 1.50 bits per heavy atom. The van der Waals surface area contributed by atoms with Crippen LogP contribution < -0.4 is 10.6 Å². The molecule has 3 aromatic heterocycles. The van der Waals surface area contributed by atoms with E-state index < -0.39 is 0 Å². The van der Waals surface area contributed by atoms with Crippen molar-refractivity contribution in [1.29, 1.82) is 0 Å². The quantitative estimate of drug-likeness (QED) is 0.766. The highest BCUT2D eigenvalue weighted by atomic mass is 32.1. The van der Waals surface area contributed by atoms with Gasteiger partial charge in [0.15, 0.2) is 0 Å². The minimum absolute atomic E-state index is 0.252. The lowest BCUT2D eigenvalue weighted by Gasteiger charge is -2.08. The number of rotatable bonds is 3. The Morgan fingerprint density at radius 2 is 2.42 bits per heavy atom. The molecule has 0 radical (unpaired) electrons. The first-order chi connectivity index (χ1) is 11.7. The van der Waals surface area contributed by atoms with Gasteiger partial charge in [-0.2, -0.15) is 0 Å². The summed E-state index contributed by atoms with van der Waals surface area (Å²) in [5.41, 5.74) is 3.72. The highest BCUT2D eigenvalue weighted by Gasteiger charge is 2.15. The first kappa shape index (κ1) is 15.1. The van der Waals surface area contributed by atoms with Crippen molar-refractivity contribution in [1.82, 2.24) is 19.7 Å². The van der Waals surface area contributed by atoms with Gasteiger partial charge < -0.3 is 19.8 Å². The summed E-state index contributed by atoms with van der Waals surface area (Å²) in [7, 11) is 0. The second kappa shape index (κ2) is 6.21. The van der Waals surface area contributed by atoms with Crippen LogP contribution in [0.3, 0.4) is 0 Å². The number of amides is 2. The Bertz CT molecular complexity index is 878. The predicted octanol–water partition coefficient (Wildman–Crippen LogP) is 2.49. The van der Waals surface area contributed by atoms with Gasteiger partial charge in [0.05, 0.1) is 36.0 Å². The number of ether oxygens (including phenoxy) is 1. The molecule has 7 nitrogen and oxygen atoms in total. The normalized spacial score (nSPS) is 13.7. The van der Waals surface area contributed by atoms with E-state index in [-0.39, 0.29) is 6.03 Å². The van der Waals surface area contributed by atoms with E-state index in [1.54, 1.807) is 17.5 Å². The van der Waals surface area contributed by atoms with Crippen LogP contribution in [0, 0.1) is 6.92 Å². The van der Waals surface area contributed by atoms with Crippen LogP contribution in [0.2, 0.25) is 0 Å². The van der Waals surface area contributed by atoms with Gasteiger partial charge >= 0.3 is 6.03 Å². The van der Waals surface area contributed by atoms with Crippen molar-refractivity contribution in [3.63, 3.8) is 0 Å². The molecule has 2 amide bonds. The molecule has 0 saturated heterocycles. The lowest BCUT2D eigenvalue weighted by molar-refractivity contribution is 0.112. The van der Waals surface area contributed by atoms with Gasteiger partial charge in [0, 0.05) is 25.0 Å². The number of anilines is 1. The molecule has 4 rings (SSSR count). The fraction of sp³-hybridized carbons (Fsp3) is 0.312.